The lowest BCUT2D eigenvalue weighted by Crippen LogP contribution is -2.39. The highest BCUT2D eigenvalue weighted by atomic mass is 19.1. The van der Waals surface area contributed by atoms with E-state index in [4.69, 9.17) is 18.7 Å². The lowest BCUT2D eigenvalue weighted by atomic mass is 10.0. The van der Waals surface area contributed by atoms with Crippen LogP contribution in [0.3, 0.4) is 0 Å². The Labute approximate surface area is 198 Å². The van der Waals surface area contributed by atoms with E-state index in [0.29, 0.717) is 49.7 Å². The Bertz CT molecular complexity index is 1070. The highest BCUT2D eigenvalue weighted by Crippen LogP contribution is 2.21. The molecular formula is C26H29FN2O5. The first-order chi connectivity index (χ1) is 16.6. The van der Waals surface area contributed by atoms with Crippen LogP contribution in [-0.2, 0) is 22.7 Å². The van der Waals surface area contributed by atoms with Crippen molar-refractivity contribution in [2.24, 2.45) is 5.16 Å². The van der Waals surface area contributed by atoms with Crippen LogP contribution in [0.5, 0.6) is 5.75 Å². The summed E-state index contributed by atoms with van der Waals surface area (Å²) in [6.07, 6.45) is 1.11. The highest BCUT2D eigenvalue weighted by molar-refractivity contribution is 6.01. The molecule has 3 aromatic rings. The molecule has 8 heteroatoms. The van der Waals surface area contributed by atoms with Crippen LogP contribution in [0.2, 0.25) is 0 Å². The Morgan fingerprint density at radius 1 is 1.18 bits per heavy atom. The molecule has 0 amide bonds. The molecule has 0 aliphatic carbocycles. The molecule has 0 bridgehead atoms. The molecule has 2 heterocycles. The average Bonchev–Trinajstić information content (AvgIpc) is 3.52. The minimum absolute atomic E-state index is 0.164. The number of benzene rings is 2. The summed E-state index contributed by atoms with van der Waals surface area (Å²) in [7, 11) is 1.63. The number of hydrogen-bond donors (Lipinski definition) is 1. The minimum atomic E-state index is -0.714. The van der Waals surface area contributed by atoms with Crippen molar-refractivity contribution < 1.29 is 28.2 Å². The predicted octanol–water partition coefficient (Wildman–Crippen LogP) is 4.00. The molecule has 0 unspecified atom stereocenters. The van der Waals surface area contributed by atoms with Gasteiger partial charge >= 0.3 is 0 Å². The second kappa shape index (κ2) is 11.8. The van der Waals surface area contributed by atoms with E-state index in [0.717, 1.165) is 11.3 Å². The van der Waals surface area contributed by atoms with Crippen LogP contribution in [0.25, 0.3) is 0 Å². The number of nitrogens with zero attached hydrogens (tertiary/aromatic N) is 2. The van der Waals surface area contributed by atoms with Gasteiger partial charge in [0.25, 0.3) is 0 Å². The summed E-state index contributed by atoms with van der Waals surface area (Å²) in [5, 5.41) is 14.8. The highest BCUT2D eigenvalue weighted by Gasteiger charge is 2.27. The summed E-state index contributed by atoms with van der Waals surface area (Å²) in [6, 6.07) is 18.0. The third kappa shape index (κ3) is 6.66. The normalized spacial score (nSPS) is 16.4. The van der Waals surface area contributed by atoms with E-state index < -0.39 is 6.10 Å². The number of aliphatic hydroxyl groups is 1. The number of hydrogen-bond acceptors (Lipinski definition) is 7. The fourth-order valence-corrected chi connectivity index (χ4v) is 3.94. The van der Waals surface area contributed by atoms with Crippen molar-refractivity contribution in [3.05, 3.63) is 89.6 Å². The molecule has 2 aromatic carbocycles. The van der Waals surface area contributed by atoms with Crippen LogP contribution in [0.15, 0.2) is 76.5 Å². The third-order valence-electron chi connectivity index (χ3n) is 5.52. The van der Waals surface area contributed by atoms with Gasteiger partial charge in [-0.1, -0.05) is 35.5 Å². The van der Waals surface area contributed by atoms with Crippen molar-refractivity contribution in [2.75, 3.05) is 26.8 Å². The monoisotopic (exact) mass is 468 g/mol. The fourth-order valence-electron chi connectivity index (χ4n) is 3.94. The Morgan fingerprint density at radius 2 is 2.06 bits per heavy atom. The second-order valence-electron chi connectivity index (χ2n) is 8.24. The molecule has 1 N–H and O–H groups in total. The number of methoxy groups -OCH3 is 1. The fraction of sp³-hybridized carbons (Fsp3) is 0.346. The van der Waals surface area contributed by atoms with Gasteiger partial charge in [0, 0.05) is 31.6 Å². The van der Waals surface area contributed by atoms with Gasteiger partial charge in [-0.15, -0.1) is 0 Å². The van der Waals surface area contributed by atoms with Crippen LogP contribution in [-0.4, -0.2) is 54.7 Å². The molecule has 34 heavy (non-hydrogen) atoms. The molecule has 7 nitrogen and oxygen atoms in total. The Morgan fingerprint density at radius 3 is 2.85 bits per heavy atom. The van der Waals surface area contributed by atoms with E-state index in [-0.39, 0.29) is 18.5 Å². The Kier molecular flexibility index (Phi) is 8.30. The molecule has 0 fully saturated rings. The van der Waals surface area contributed by atoms with Gasteiger partial charge in [-0.25, -0.2) is 4.39 Å². The molecule has 0 saturated carbocycles. The van der Waals surface area contributed by atoms with Gasteiger partial charge in [0.2, 0.25) is 0 Å². The van der Waals surface area contributed by atoms with Gasteiger partial charge in [-0.3, -0.25) is 4.90 Å². The van der Waals surface area contributed by atoms with E-state index in [1.54, 1.807) is 37.6 Å². The van der Waals surface area contributed by atoms with Gasteiger partial charge in [-0.2, -0.15) is 0 Å². The third-order valence-corrected chi connectivity index (χ3v) is 5.52. The molecule has 1 aliphatic heterocycles. The first kappa shape index (κ1) is 23.9. The Balaban J connectivity index is 1.37. The molecule has 1 aromatic heterocycles. The molecule has 0 saturated heterocycles. The molecule has 2 atom stereocenters. The number of aliphatic hydroxyl groups excluding tert-OH is 1. The van der Waals surface area contributed by atoms with E-state index in [1.807, 2.05) is 30.3 Å². The van der Waals surface area contributed by atoms with Crippen LogP contribution in [0.4, 0.5) is 4.39 Å². The van der Waals surface area contributed by atoms with E-state index in [1.165, 1.54) is 6.07 Å². The molecule has 0 radical (unpaired) electrons. The molecule has 0 spiro atoms. The van der Waals surface area contributed by atoms with Crippen molar-refractivity contribution in [1.29, 1.82) is 0 Å². The predicted molar refractivity (Wildman–Crippen MR) is 125 cm³/mol. The van der Waals surface area contributed by atoms with Crippen molar-refractivity contribution in [2.45, 2.75) is 31.8 Å². The number of oxime groups is 1. The number of halogens is 1. The van der Waals surface area contributed by atoms with Crippen LogP contribution in [0.1, 0.15) is 23.3 Å². The lowest BCUT2D eigenvalue weighted by Gasteiger charge is -2.27. The standard InChI is InChI=1S/C26H29FN2O5/c1-31-21-7-4-6-19(12-21)14-29(15-20(30)17-32-18-22-8-5-11-33-22)16-23-13-26(28-34-23)24-9-2-3-10-25(24)27/h2-12,20,23,30H,13-18H2,1H3/t20-,23+/m1/s1. The second-order valence-corrected chi connectivity index (χ2v) is 8.24. The zero-order valence-corrected chi connectivity index (χ0v) is 19.1. The smallest absolute Gasteiger partial charge is 0.145 e. The SMILES string of the molecule is COc1cccc(CN(C[C@@H](O)COCc2ccco2)C[C@@H]2CC(c3ccccc3F)=NO2)c1. The minimum Gasteiger partial charge on any atom is -0.497 e. The maximum absolute atomic E-state index is 14.2. The van der Waals surface area contributed by atoms with Crippen LogP contribution >= 0.6 is 0 Å². The average molecular weight is 469 g/mol. The summed E-state index contributed by atoms with van der Waals surface area (Å²) in [4.78, 5) is 7.71. The first-order valence-electron chi connectivity index (χ1n) is 11.2. The van der Waals surface area contributed by atoms with Crippen LogP contribution < -0.4 is 4.74 Å². The van der Waals surface area contributed by atoms with Gasteiger partial charge in [0.05, 0.1) is 31.8 Å². The first-order valence-corrected chi connectivity index (χ1v) is 11.2. The van der Waals surface area contributed by atoms with Gasteiger partial charge in [0.15, 0.2) is 0 Å². The summed E-state index contributed by atoms with van der Waals surface area (Å²) in [5.41, 5.74) is 2.08. The van der Waals surface area contributed by atoms with Crippen molar-refractivity contribution in [3.8, 4) is 5.75 Å². The molecule has 1 aliphatic rings. The lowest BCUT2D eigenvalue weighted by molar-refractivity contribution is -0.00956. The summed E-state index contributed by atoms with van der Waals surface area (Å²) >= 11 is 0. The molecular weight excluding hydrogens is 439 g/mol. The largest absolute Gasteiger partial charge is 0.497 e. The van der Waals surface area contributed by atoms with Crippen molar-refractivity contribution in [1.82, 2.24) is 4.90 Å². The maximum Gasteiger partial charge on any atom is 0.145 e. The molecule has 180 valence electrons. The summed E-state index contributed by atoms with van der Waals surface area (Å²) in [6.45, 7) is 1.91. The number of furan rings is 1. The number of ether oxygens (including phenoxy) is 2. The van der Waals surface area contributed by atoms with Gasteiger partial charge in [-0.05, 0) is 35.9 Å². The molecule has 4 rings (SSSR count). The topological polar surface area (TPSA) is 76.7 Å². The van der Waals surface area contributed by atoms with Crippen molar-refractivity contribution >= 4 is 5.71 Å². The number of rotatable bonds is 12. The maximum atomic E-state index is 14.2. The van der Waals surface area contributed by atoms with Gasteiger partial charge < -0.3 is 23.8 Å². The van der Waals surface area contributed by atoms with E-state index >= 15 is 0 Å². The summed E-state index contributed by atoms with van der Waals surface area (Å²) in [5.74, 6) is 1.16. The van der Waals surface area contributed by atoms with E-state index in [2.05, 4.69) is 10.1 Å². The van der Waals surface area contributed by atoms with Crippen LogP contribution in [0, 0.1) is 5.82 Å². The Hall–Kier alpha value is -3.20. The van der Waals surface area contributed by atoms with E-state index in [9.17, 15) is 9.50 Å². The quantitative estimate of drug-likeness (QED) is 0.433. The van der Waals surface area contributed by atoms with Gasteiger partial charge in [0.1, 0.15) is 30.0 Å². The summed E-state index contributed by atoms with van der Waals surface area (Å²) < 4.78 is 30.4. The zero-order chi connectivity index (χ0) is 23.8. The van der Waals surface area contributed by atoms with Crippen molar-refractivity contribution in [3.63, 3.8) is 0 Å². The zero-order valence-electron chi connectivity index (χ0n) is 19.1.